The second-order valence-electron chi connectivity index (χ2n) is 5.40. The van der Waals surface area contributed by atoms with E-state index in [2.05, 4.69) is 15.9 Å². The lowest BCUT2D eigenvalue weighted by molar-refractivity contribution is 0.382. The summed E-state index contributed by atoms with van der Waals surface area (Å²) in [4.78, 5) is 0.282. The van der Waals surface area contributed by atoms with Gasteiger partial charge in [-0.1, -0.05) is 15.9 Å². The fourth-order valence-electron chi connectivity index (χ4n) is 2.72. The molecule has 0 amide bonds. The number of hydrogen-bond donors (Lipinski definition) is 0. The first-order valence-electron chi connectivity index (χ1n) is 7.58. The molecule has 1 fully saturated rings. The molecule has 25 heavy (non-hydrogen) atoms. The molecule has 1 saturated heterocycles. The van der Waals surface area contributed by atoms with Crippen molar-refractivity contribution in [3.63, 3.8) is 0 Å². The topological polar surface area (TPSA) is 55.8 Å². The van der Waals surface area contributed by atoms with Crippen molar-refractivity contribution in [2.45, 2.75) is 10.3 Å². The largest absolute Gasteiger partial charge is 0.497 e. The molecule has 0 spiro atoms. The van der Waals surface area contributed by atoms with Gasteiger partial charge in [-0.2, -0.15) is 4.31 Å². The zero-order valence-corrected chi connectivity index (χ0v) is 17.0. The van der Waals surface area contributed by atoms with Crippen LogP contribution in [0.2, 0.25) is 0 Å². The van der Waals surface area contributed by atoms with Gasteiger partial charge in [0.15, 0.2) is 0 Å². The van der Waals surface area contributed by atoms with Crippen LogP contribution in [0.1, 0.15) is 10.9 Å². The molecular weight excluding hydrogens is 426 g/mol. The summed E-state index contributed by atoms with van der Waals surface area (Å²) in [6.45, 7) is 0.452. The Hall–Kier alpha value is -1.22. The lowest BCUT2D eigenvalue weighted by Gasteiger charge is -2.25. The van der Waals surface area contributed by atoms with Crippen LogP contribution >= 0.6 is 27.7 Å². The van der Waals surface area contributed by atoms with Crippen molar-refractivity contribution >= 4 is 37.7 Å². The number of ether oxygens (including phenoxy) is 2. The summed E-state index contributed by atoms with van der Waals surface area (Å²) in [5, 5.41) is -0.348. The Bertz CT molecular complexity index is 855. The third-order valence-corrected chi connectivity index (χ3v) is 7.76. The Kier molecular flexibility index (Phi) is 5.62. The smallest absolute Gasteiger partial charge is 0.244 e. The van der Waals surface area contributed by atoms with Crippen molar-refractivity contribution in [3.05, 3.63) is 52.5 Å². The fourth-order valence-corrected chi connectivity index (χ4v) is 6.23. The average molecular weight is 444 g/mol. The highest BCUT2D eigenvalue weighted by molar-refractivity contribution is 9.10. The Balaban J connectivity index is 2.02. The van der Waals surface area contributed by atoms with Crippen molar-refractivity contribution in [1.29, 1.82) is 0 Å². The highest BCUT2D eigenvalue weighted by atomic mass is 79.9. The Morgan fingerprint density at radius 1 is 1.12 bits per heavy atom. The van der Waals surface area contributed by atoms with Gasteiger partial charge in [-0.25, -0.2) is 8.42 Å². The molecule has 1 aliphatic rings. The van der Waals surface area contributed by atoms with E-state index in [1.54, 1.807) is 62.4 Å². The minimum absolute atomic E-state index is 0.282. The molecule has 0 unspecified atom stereocenters. The van der Waals surface area contributed by atoms with Crippen molar-refractivity contribution in [2.24, 2.45) is 0 Å². The summed E-state index contributed by atoms with van der Waals surface area (Å²) in [6.07, 6.45) is 0. The van der Waals surface area contributed by atoms with Crippen LogP contribution in [0, 0.1) is 0 Å². The normalized spacial score (nSPS) is 18.3. The predicted octanol–water partition coefficient (Wildman–Crippen LogP) is 3.90. The summed E-state index contributed by atoms with van der Waals surface area (Å²) in [5.74, 6) is 2.04. The Morgan fingerprint density at radius 2 is 1.84 bits per heavy atom. The maximum atomic E-state index is 13.1. The molecule has 8 heteroatoms. The van der Waals surface area contributed by atoms with Gasteiger partial charge in [0.1, 0.15) is 11.5 Å². The van der Waals surface area contributed by atoms with E-state index in [1.165, 1.54) is 4.31 Å². The number of thioether (sulfide) groups is 1. The number of rotatable bonds is 5. The molecule has 2 aromatic carbocycles. The minimum Gasteiger partial charge on any atom is -0.497 e. The van der Waals surface area contributed by atoms with Crippen LogP contribution in [0.4, 0.5) is 0 Å². The minimum atomic E-state index is -3.60. The van der Waals surface area contributed by atoms with Crippen LogP contribution in [-0.4, -0.2) is 39.2 Å². The Morgan fingerprint density at radius 3 is 2.48 bits per heavy atom. The molecule has 1 aliphatic heterocycles. The lowest BCUT2D eigenvalue weighted by atomic mass is 10.2. The molecule has 0 N–H and O–H groups in total. The van der Waals surface area contributed by atoms with E-state index in [0.717, 1.165) is 15.8 Å². The van der Waals surface area contributed by atoms with Crippen LogP contribution < -0.4 is 9.47 Å². The van der Waals surface area contributed by atoms with Gasteiger partial charge in [-0.05, 0) is 42.5 Å². The monoisotopic (exact) mass is 443 g/mol. The van der Waals surface area contributed by atoms with Gasteiger partial charge < -0.3 is 9.47 Å². The first-order chi connectivity index (χ1) is 12.0. The van der Waals surface area contributed by atoms with E-state index in [1.807, 2.05) is 6.07 Å². The van der Waals surface area contributed by atoms with Gasteiger partial charge in [0.2, 0.25) is 10.0 Å². The number of benzene rings is 2. The number of methoxy groups -OCH3 is 2. The van der Waals surface area contributed by atoms with Crippen molar-refractivity contribution in [3.8, 4) is 11.5 Å². The summed E-state index contributed by atoms with van der Waals surface area (Å²) in [5.41, 5.74) is 0.796. The van der Waals surface area contributed by atoms with Crippen LogP contribution in [0.15, 0.2) is 51.8 Å². The molecule has 5 nitrogen and oxygen atoms in total. The molecule has 1 heterocycles. The maximum Gasteiger partial charge on any atom is 0.244 e. The van der Waals surface area contributed by atoms with Gasteiger partial charge in [-0.15, -0.1) is 11.8 Å². The molecule has 0 aromatic heterocycles. The van der Waals surface area contributed by atoms with E-state index in [9.17, 15) is 8.42 Å². The molecular formula is C17H18BrNO4S2. The van der Waals surface area contributed by atoms with E-state index in [0.29, 0.717) is 18.0 Å². The molecule has 0 saturated carbocycles. The lowest BCUT2D eigenvalue weighted by Crippen LogP contribution is -2.30. The molecule has 3 rings (SSSR count). The summed E-state index contributed by atoms with van der Waals surface area (Å²) in [7, 11) is -0.433. The zero-order chi connectivity index (χ0) is 18.0. The number of hydrogen-bond acceptors (Lipinski definition) is 5. The second-order valence-corrected chi connectivity index (χ2v) is 9.40. The third-order valence-electron chi connectivity index (χ3n) is 3.97. The summed E-state index contributed by atoms with van der Waals surface area (Å²) >= 11 is 4.91. The summed E-state index contributed by atoms with van der Waals surface area (Å²) < 4.78 is 39.3. The number of halogens is 1. The van der Waals surface area contributed by atoms with Gasteiger partial charge in [0.25, 0.3) is 0 Å². The quantitative estimate of drug-likeness (QED) is 0.700. The highest BCUT2D eigenvalue weighted by Gasteiger charge is 2.38. The molecule has 1 atom stereocenters. The second kappa shape index (κ2) is 7.57. The van der Waals surface area contributed by atoms with Crippen LogP contribution in [0.5, 0.6) is 11.5 Å². The first-order valence-corrected chi connectivity index (χ1v) is 10.9. The van der Waals surface area contributed by atoms with Crippen LogP contribution in [0.25, 0.3) is 0 Å². The highest BCUT2D eigenvalue weighted by Crippen LogP contribution is 2.45. The predicted molar refractivity (Wildman–Crippen MR) is 103 cm³/mol. The van der Waals surface area contributed by atoms with Crippen molar-refractivity contribution < 1.29 is 17.9 Å². The first kappa shape index (κ1) is 18.6. The van der Waals surface area contributed by atoms with E-state index in [-0.39, 0.29) is 10.3 Å². The molecule has 2 aromatic rings. The zero-order valence-electron chi connectivity index (χ0n) is 13.8. The maximum absolute atomic E-state index is 13.1. The van der Waals surface area contributed by atoms with E-state index < -0.39 is 10.0 Å². The van der Waals surface area contributed by atoms with Crippen LogP contribution in [0.3, 0.4) is 0 Å². The summed E-state index contributed by atoms with van der Waals surface area (Å²) in [6, 6.07) is 12.1. The fraction of sp³-hybridized carbons (Fsp3) is 0.294. The van der Waals surface area contributed by atoms with Gasteiger partial charge in [0.05, 0.1) is 24.5 Å². The molecule has 0 radical (unpaired) electrons. The van der Waals surface area contributed by atoms with Gasteiger partial charge in [0, 0.05) is 22.3 Å². The van der Waals surface area contributed by atoms with Crippen LogP contribution in [-0.2, 0) is 10.0 Å². The SMILES string of the molecule is COc1ccc(OC)c([C@@H]2SCCN2S(=O)(=O)c2ccc(Br)cc2)c1. The van der Waals surface area contributed by atoms with Crippen molar-refractivity contribution in [2.75, 3.05) is 26.5 Å². The Labute approximate surface area is 160 Å². The van der Waals surface area contributed by atoms with E-state index >= 15 is 0 Å². The molecule has 0 aliphatic carbocycles. The molecule has 0 bridgehead atoms. The third kappa shape index (κ3) is 3.67. The van der Waals surface area contributed by atoms with E-state index in [4.69, 9.17) is 9.47 Å². The number of sulfonamides is 1. The average Bonchev–Trinajstić information content (AvgIpc) is 3.12. The van der Waals surface area contributed by atoms with Crippen molar-refractivity contribution in [1.82, 2.24) is 4.31 Å². The number of nitrogens with zero attached hydrogens (tertiary/aromatic N) is 1. The van der Waals surface area contributed by atoms with Gasteiger partial charge in [-0.3, -0.25) is 0 Å². The standard InChI is InChI=1S/C17H18BrNO4S2/c1-22-13-5-8-16(23-2)15(11-13)17-19(9-10-24-17)25(20,21)14-6-3-12(18)4-7-14/h3-8,11,17H,9-10H2,1-2H3/t17-/m0/s1. The molecule has 134 valence electrons. The van der Waals surface area contributed by atoms with Gasteiger partial charge >= 0.3 is 0 Å².